The zero-order chi connectivity index (χ0) is 22.6. The molecule has 0 unspecified atom stereocenters. The second-order valence-corrected chi connectivity index (χ2v) is 6.39. The Hall–Kier alpha value is -3.42. The molecule has 0 heterocycles. The fourth-order valence-electron chi connectivity index (χ4n) is 2.82. The van der Waals surface area contributed by atoms with Gasteiger partial charge < -0.3 is 29.0 Å². The van der Waals surface area contributed by atoms with Gasteiger partial charge in [-0.05, 0) is 56.2 Å². The zero-order valence-electron chi connectivity index (χ0n) is 18.4. The van der Waals surface area contributed by atoms with Crippen molar-refractivity contribution < 1.29 is 33.3 Å². The summed E-state index contributed by atoms with van der Waals surface area (Å²) >= 11 is 0. The van der Waals surface area contributed by atoms with Crippen LogP contribution in [0.2, 0.25) is 0 Å². The summed E-state index contributed by atoms with van der Waals surface area (Å²) in [6, 6.07) is 10.4. The highest BCUT2D eigenvalue weighted by molar-refractivity contribution is 5.90. The van der Waals surface area contributed by atoms with Gasteiger partial charge in [0.15, 0.2) is 29.6 Å². The van der Waals surface area contributed by atoms with Crippen LogP contribution in [-0.4, -0.2) is 52.5 Å². The molecule has 0 radical (unpaired) electrons. The summed E-state index contributed by atoms with van der Waals surface area (Å²) < 4.78 is 26.6. The number of nitrogens with one attached hydrogen (secondary N) is 1. The molecule has 0 aliphatic carbocycles. The fourth-order valence-corrected chi connectivity index (χ4v) is 2.82. The Morgan fingerprint density at radius 2 is 1.52 bits per heavy atom. The van der Waals surface area contributed by atoms with Crippen LogP contribution in [0.3, 0.4) is 0 Å². The first kappa shape index (κ1) is 23.9. The standard InChI is InChI=1S/C23H29NO7/c1-5-29-19-9-7-16(13-21(19)30-6-2)11-12-24-22(25)15-31-18-10-8-17(23(26)28-4)14-20(18)27-3/h7-10,13-14H,5-6,11-12,15H2,1-4H3,(H,24,25). The van der Waals surface area contributed by atoms with Crippen molar-refractivity contribution in [3.63, 3.8) is 0 Å². The largest absolute Gasteiger partial charge is 0.493 e. The summed E-state index contributed by atoms with van der Waals surface area (Å²) in [6.45, 7) is 5.21. The summed E-state index contributed by atoms with van der Waals surface area (Å²) in [5, 5.41) is 2.82. The maximum absolute atomic E-state index is 12.1. The van der Waals surface area contributed by atoms with E-state index in [9.17, 15) is 9.59 Å². The first-order chi connectivity index (χ1) is 15.0. The van der Waals surface area contributed by atoms with Gasteiger partial charge in [-0.15, -0.1) is 0 Å². The third-order valence-electron chi connectivity index (χ3n) is 4.29. The SMILES string of the molecule is CCOc1ccc(CCNC(=O)COc2ccc(C(=O)OC)cc2OC)cc1OCC. The third-order valence-corrected chi connectivity index (χ3v) is 4.29. The van der Waals surface area contributed by atoms with E-state index in [0.29, 0.717) is 54.7 Å². The van der Waals surface area contributed by atoms with Crippen LogP contribution in [-0.2, 0) is 16.0 Å². The van der Waals surface area contributed by atoms with E-state index >= 15 is 0 Å². The molecule has 0 spiro atoms. The average Bonchev–Trinajstić information content (AvgIpc) is 2.79. The lowest BCUT2D eigenvalue weighted by Gasteiger charge is -2.13. The van der Waals surface area contributed by atoms with Gasteiger partial charge in [-0.25, -0.2) is 4.79 Å². The number of carbonyl (C=O) groups excluding carboxylic acids is 2. The van der Waals surface area contributed by atoms with Gasteiger partial charge in [0.25, 0.3) is 5.91 Å². The van der Waals surface area contributed by atoms with Crippen molar-refractivity contribution >= 4 is 11.9 Å². The van der Waals surface area contributed by atoms with E-state index in [1.54, 1.807) is 12.1 Å². The van der Waals surface area contributed by atoms with E-state index in [4.69, 9.17) is 18.9 Å². The number of amides is 1. The molecular weight excluding hydrogens is 402 g/mol. The van der Waals surface area contributed by atoms with Gasteiger partial charge in [0.05, 0.1) is 33.0 Å². The molecule has 2 aromatic rings. The van der Waals surface area contributed by atoms with E-state index in [1.165, 1.54) is 20.3 Å². The second-order valence-electron chi connectivity index (χ2n) is 6.39. The number of esters is 1. The van der Waals surface area contributed by atoms with Crippen molar-refractivity contribution in [2.75, 3.05) is 40.6 Å². The van der Waals surface area contributed by atoms with Crippen LogP contribution >= 0.6 is 0 Å². The molecular formula is C23H29NO7. The van der Waals surface area contributed by atoms with Crippen LogP contribution in [0.4, 0.5) is 0 Å². The third kappa shape index (κ3) is 7.09. The number of hydrogen-bond acceptors (Lipinski definition) is 7. The quantitative estimate of drug-likeness (QED) is 0.517. The highest BCUT2D eigenvalue weighted by Gasteiger charge is 2.13. The number of rotatable bonds is 12. The van der Waals surface area contributed by atoms with E-state index < -0.39 is 5.97 Å². The molecule has 0 saturated carbocycles. The summed E-state index contributed by atoms with van der Waals surface area (Å²) in [4.78, 5) is 23.7. The molecule has 0 aromatic heterocycles. The lowest BCUT2D eigenvalue weighted by Crippen LogP contribution is -2.30. The summed E-state index contributed by atoms with van der Waals surface area (Å²) in [7, 11) is 2.76. The van der Waals surface area contributed by atoms with Crippen molar-refractivity contribution in [2.45, 2.75) is 20.3 Å². The smallest absolute Gasteiger partial charge is 0.337 e. The van der Waals surface area contributed by atoms with Gasteiger partial charge in [-0.3, -0.25) is 4.79 Å². The molecule has 1 N–H and O–H groups in total. The fraction of sp³-hybridized carbons (Fsp3) is 0.391. The van der Waals surface area contributed by atoms with Crippen molar-refractivity contribution in [3.8, 4) is 23.0 Å². The highest BCUT2D eigenvalue weighted by atomic mass is 16.5. The van der Waals surface area contributed by atoms with Gasteiger partial charge in [-0.1, -0.05) is 6.07 Å². The van der Waals surface area contributed by atoms with Crippen LogP contribution < -0.4 is 24.3 Å². The van der Waals surface area contributed by atoms with Crippen LogP contribution in [0.5, 0.6) is 23.0 Å². The Balaban J connectivity index is 1.86. The molecule has 0 aliphatic heterocycles. The van der Waals surface area contributed by atoms with Gasteiger partial charge in [-0.2, -0.15) is 0 Å². The molecule has 0 bridgehead atoms. The first-order valence-electron chi connectivity index (χ1n) is 10.1. The molecule has 8 heteroatoms. The Labute approximate surface area is 182 Å². The summed E-state index contributed by atoms with van der Waals surface area (Å²) in [5.74, 6) is 1.35. The molecule has 0 atom stereocenters. The number of hydrogen-bond donors (Lipinski definition) is 1. The van der Waals surface area contributed by atoms with Crippen LogP contribution in [0, 0.1) is 0 Å². The second kappa shape index (κ2) is 12.3. The minimum atomic E-state index is -0.482. The van der Waals surface area contributed by atoms with Gasteiger partial charge in [0, 0.05) is 6.54 Å². The Morgan fingerprint density at radius 1 is 0.839 bits per heavy atom. The maximum atomic E-state index is 12.1. The predicted octanol–water partition coefficient (Wildman–Crippen LogP) is 3.02. The molecule has 0 saturated heterocycles. The summed E-state index contributed by atoms with van der Waals surface area (Å²) in [6.07, 6.45) is 0.634. The van der Waals surface area contributed by atoms with Crippen molar-refractivity contribution in [1.82, 2.24) is 5.32 Å². The molecule has 31 heavy (non-hydrogen) atoms. The maximum Gasteiger partial charge on any atom is 0.337 e. The Kier molecular flexibility index (Phi) is 9.48. The lowest BCUT2D eigenvalue weighted by atomic mass is 10.1. The molecule has 2 aromatic carbocycles. The topological polar surface area (TPSA) is 92.3 Å². The first-order valence-corrected chi connectivity index (χ1v) is 10.1. The minimum Gasteiger partial charge on any atom is -0.493 e. The Bertz CT molecular complexity index is 882. The Morgan fingerprint density at radius 3 is 2.19 bits per heavy atom. The summed E-state index contributed by atoms with van der Waals surface area (Å²) in [5.41, 5.74) is 1.35. The molecule has 0 fully saturated rings. The normalized spacial score (nSPS) is 10.2. The lowest BCUT2D eigenvalue weighted by molar-refractivity contribution is -0.123. The van der Waals surface area contributed by atoms with Gasteiger partial charge in [0.1, 0.15) is 0 Å². The van der Waals surface area contributed by atoms with Gasteiger partial charge in [0.2, 0.25) is 0 Å². The van der Waals surface area contributed by atoms with E-state index in [2.05, 4.69) is 10.1 Å². The highest BCUT2D eigenvalue weighted by Crippen LogP contribution is 2.29. The van der Waals surface area contributed by atoms with E-state index in [0.717, 1.165) is 5.56 Å². The van der Waals surface area contributed by atoms with Crippen LogP contribution in [0.25, 0.3) is 0 Å². The monoisotopic (exact) mass is 431 g/mol. The van der Waals surface area contributed by atoms with E-state index in [-0.39, 0.29) is 12.5 Å². The minimum absolute atomic E-state index is 0.179. The zero-order valence-corrected chi connectivity index (χ0v) is 18.4. The van der Waals surface area contributed by atoms with Crippen molar-refractivity contribution in [2.24, 2.45) is 0 Å². The van der Waals surface area contributed by atoms with Crippen LogP contribution in [0.1, 0.15) is 29.8 Å². The number of ether oxygens (including phenoxy) is 5. The van der Waals surface area contributed by atoms with Crippen LogP contribution in [0.15, 0.2) is 36.4 Å². The average molecular weight is 431 g/mol. The molecule has 2 rings (SSSR count). The molecule has 8 nitrogen and oxygen atoms in total. The van der Waals surface area contributed by atoms with E-state index in [1.807, 2.05) is 32.0 Å². The molecule has 1 amide bonds. The number of methoxy groups -OCH3 is 2. The predicted molar refractivity (Wildman–Crippen MR) is 115 cm³/mol. The number of carbonyl (C=O) groups is 2. The molecule has 0 aliphatic rings. The molecule has 168 valence electrons. The van der Waals surface area contributed by atoms with Gasteiger partial charge >= 0.3 is 5.97 Å². The number of benzene rings is 2. The van der Waals surface area contributed by atoms with Crippen molar-refractivity contribution in [3.05, 3.63) is 47.5 Å². The van der Waals surface area contributed by atoms with Crippen molar-refractivity contribution in [1.29, 1.82) is 0 Å².